The van der Waals surface area contributed by atoms with E-state index in [-0.39, 0.29) is 23.6 Å². The second-order valence-corrected chi connectivity index (χ2v) is 7.62. The maximum Gasteiger partial charge on any atom is 0.307 e. The molecule has 1 atom stereocenters. The van der Waals surface area contributed by atoms with Gasteiger partial charge in [-0.3, -0.25) is 14.6 Å². The van der Waals surface area contributed by atoms with Gasteiger partial charge in [0.15, 0.2) is 11.5 Å². The highest BCUT2D eigenvalue weighted by Gasteiger charge is 2.36. The summed E-state index contributed by atoms with van der Waals surface area (Å²) in [6.07, 6.45) is 3.29. The molecule has 154 valence electrons. The van der Waals surface area contributed by atoms with Crippen LogP contribution in [0.1, 0.15) is 36.2 Å². The van der Waals surface area contributed by atoms with Crippen LogP contribution >= 0.6 is 0 Å². The van der Waals surface area contributed by atoms with Gasteiger partial charge in [0, 0.05) is 31.8 Å². The van der Waals surface area contributed by atoms with Gasteiger partial charge < -0.3 is 9.63 Å². The van der Waals surface area contributed by atoms with E-state index in [0.717, 1.165) is 25.0 Å². The van der Waals surface area contributed by atoms with E-state index in [4.69, 9.17) is 4.52 Å². The Labute approximate surface area is 165 Å². The summed E-state index contributed by atoms with van der Waals surface area (Å²) >= 11 is 0. The molecular weight excluding hydrogens is 384 g/mol. The number of hydrazine groups is 1. The highest BCUT2D eigenvalue weighted by Crippen LogP contribution is 2.32. The van der Waals surface area contributed by atoms with E-state index >= 15 is 0 Å². The summed E-state index contributed by atoms with van der Waals surface area (Å²) in [5.41, 5.74) is 0.0115. The maximum atomic E-state index is 14.0. The van der Waals surface area contributed by atoms with E-state index in [9.17, 15) is 23.5 Å². The average Bonchev–Trinajstić information content (AvgIpc) is 3.39. The quantitative estimate of drug-likeness (QED) is 0.794. The minimum Gasteiger partial charge on any atom is -0.481 e. The zero-order valence-electron chi connectivity index (χ0n) is 15.7. The van der Waals surface area contributed by atoms with Crippen LogP contribution in [0.25, 0.3) is 11.3 Å². The molecule has 0 radical (unpaired) electrons. The van der Waals surface area contributed by atoms with Crippen molar-refractivity contribution in [2.45, 2.75) is 25.7 Å². The number of aromatic nitrogens is 1. The number of hydrogen-bond donors (Lipinski definition) is 1. The molecule has 2 fully saturated rings. The van der Waals surface area contributed by atoms with Crippen LogP contribution in [0.4, 0.5) is 8.78 Å². The number of benzene rings is 1. The van der Waals surface area contributed by atoms with Crippen LogP contribution in [-0.2, 0) is 4.79 Å². The molecule has 1 saturated carbocycles. The lowest BCUT2D eigenvalue weighted by Crippen LogP contribution is -2.52. The summed E-state index contributed by atoms with van der Waals surface area (Å²) < 4.78 is 32.3. The standard InChI is InChI=1S/C20H21F2N3O4/c21-14-5-6-15(16(22)8-14)18-9-17(23-29-18)19(26)25(10-12-3-4-12)24-7-1-2-13(11-24)20(27)28/h5-6,8-9,12-13H,1-4,7,10-11H2,(H,27,28)/t13-/m0/s1. The average molecular weight is 405 g/mol. The zero-order valence-corrected chi connectivity index (χ0v) is 15.7. The lowest BCUT2D eigenvalue weighted by Gasteiger charge is -2.39. The molecule has 1 amide bonds. The number of piperidine rings is 1. The molecule has 1 aromatic carbocycles. The Hall–Kier alpha value is -2.81. The third kappa shape index (κ3) is 4.29. The molecule has 2 aromatic rings. The van der Waals surface area contributed by atoms with E-state index in [1.54, 1.807) is 10.0 Å². The third-order valence-electron chi connectivity index (χ3n) is 5.38. The minimum atomic E-state index is -0.871. The molecule has 0 spiro atoms. The van der Waals surface area contributed by atoms with E-state index in [2.05, 4.69) is 5.16 Å². The number of carboxylic acids is 1. The summed E-state index contributed by atoms with van der Waals surface area (Å²) in [7, 11) is 0. The number of hydrogen-bond acceptors (Lipinski definition) is 5. The number of aliphatic carboxylic acids is 1. The molecule has 1 aliphatic heterocycles. The number of amides is 1. The van der Waals surface area contributed by atoms with Gasteiger partial charge in [-0.2, -0.15) is 0 Å². The van der Waals surface area contributed by atoms with Crippen LogP contribution in [0.15, 0.2) is 28.8 Å². The van der Waals surface area contributed by atoms with E-state index < -0.39 is 29.4 Å². The first-order valence-corrected chi connectivity index (χ1v) is 9.64. The molecule has 29 heavy (non-hydrogen) atoms. The van der Waals surface area contributed by atoms with Gasteiger partial charge in [0.2, 0.25) is 0 Å². The first-order valence-electron chi connectivity index (χ1n) is 9.64. The molecule has 1 saturated heterocycles. The van der Waals surface area contributed by atoms with Crippen LogP contribution in [0, 0.1) is 23.5 Å². The normalized spacial score (nSPS) is 19.9. The molecule has 0 unspecified atom stereocenters. The zero-order chi connectivity index (χ0) is 20.5. The molecule has 1 N–H and O–H groups in total. The summed E-state index contributed by atoms with van der Waals surface area (Å²) in [6, 6.07) is 4.39. The highest BCUT2D eigenvalue weighted by molar-refractivity contribution is 5.93. The molecule has 2 aliphatic rings. The number of carbonyl (C=O) groups excluding carboxylic acids is 1. The first kappa shape index (κ1) is 19.5. The number of halogens is 2. The van der Waals surface area contributed by atoms with Crippen molar-refractivity contribution in [3.05, 3.63) is 41.6 Å². The molecule has 1 aliphatic carbocycles. The SMILES string of the molecule is O=C(O)[C@H]1CCCN(N(CC2CC2)C(=O)c2cc(-c3ccc(F)cc3F)on2)C1. The molecule has 7 nitrogen and oxygen atoms in total. The molecule has 1 aromatic heterocycles. The summed E-state index contributed by atoms with van der Waals surface area (Å²) in [5, 5.41) is 16.5. The lowest BCUT2D eigenvalue weighted by atomic mass is 9.99. The van der Waals surface area contributed by atoms with Gasteiger partial charge in [-0.1, -0.05) is 5.16 Å². The van der Waals surface area contributed by atoms with Crippen LogP contribution in [-0.4, -0.2) is 51.8 Å². The number of carboxylic acid groups (broad SMARTS) is 1. The highest BCUT2D eigenvalue weighted by atomic mass is 19.1. The van der Waals surface area contributed by atoms with Gasteiger partial charge in [0.05, 0.1) is 11.5 Å². The van der Waals surface area contributed by atoms with Gasteiger partial charge in [-0.05, 0) is 43.7 Å². The predicted octanol–water partition coefficient (Wildman–Crippen LogP) is 3.18. The van der Waals surface area contributed by atoms with Gasteiger partial charge in [0.1, 0.15) is 11.6 Å². The fourth-order valence-electron chi connectivity index (χ4n) is 3.57. The van der Waals surface area contributed by atoms with Crippen molar-refractivity contribution < 1.29 is 28.0 Å². The van der Waals surface area contributed by atoms with E-state index in [1.807, 2.05) is 0 Å². The van der Waals surface area contributed by atoms with Crippen molar-refractivity contribution >= 4 is 11.9 Å². The molecular formula is C20H21F2N3O4. The fraction of sp³-hybridized carbons (Fsp3) is 0.450. The van der Waals surface area contributed by atoms with Gasteiger partial charge in [-0.15, -0.1) is 0 Å². The van der Waals surface area contributed by atoms with Crippen LogP contribution in [0.5, 0.6) is 0 Å². The number of rotatable bonds is 6. The smallest absolute Gasteiger partial charge is 0.307 e. The van der Waals surface area contributed by atoms with Crippen molar-refractivity contribution in [1.82, 2.24) is 15.2 Å². The Morgan fingerprint density at radius 3 is 2.72 bits per heavy atom. The molecule has 0 bridgehead atoms. The fourth-order valence-corrected chi connectivity index (χ4v) is 3.57. The second-order valence-electron chi connectivity index (χ2n) is 7.62. The Morgan fingerprint density at radius 2 is 2.03 bits per heavy atom. The topological polar surface area (TPSA) is 86.9 Å². The molecule has 4 rings (SSSR count). The minimum absolute atomic E-state index is 0.00169. The van der Waals surface area contributed by atoms with Gasteiger partial charge in [0.25, 0.3) is 5.91 Å². The van der Waals surface area contributed by atoms with Crippen molar-refractivity contribution in [2.75, 3.05) is 19.6 Å². The van der Waals surface area contributed by atoms with Crippen LogP contribution in [0.2, 0.25) is 0 Å². The molecule has 9 heteroatoms. The maximum absolute atomic E-state index is 14.0. The Kier molecular flexibility index (Phi) is 5.31. The van der Waals surface area contributed by atoms with Gasteiger partial charge >= 0.3 is 5.97 Å². The van der Waals surface area contributed by atoms with Crippen molar-refractivity contribution in [3.63, 3.8) is 0 Å². The van der Waals surface area contributed by atoms with Crippen LogP contribution in [0.3, 0.4) is 0 Å². The summed E-state index contributed by atoms with van der Waals surface area (Å²) in [6.45, 7) is 1.32. The van der Waals surface area contributed by atoms with E-state index in [0.29, 0.717) is 31.8 Å². The Balaban J connectivity index is 1.56. The summed E-state index contributed by atoms with van der Waals surface area (Å²) in [4.78, 5) is 24.5. The summed E-state index contributed by atoms with van der Waals surface area (Å²) in [5.74, 6) is -2.93. The lowest BCUT2D eigenvalue weighted by molar-refractivity contribution is -0.146. The van der Waals surface area contributed by atoms with E-state index in [1.165, 1.54) is 12.1 Å². The molecule has 2 heterocycles. The first-order chi connectivity index (χ1) is 13.9. The van der Waals surface area contributed by atoms with Crippen molar-refractivity contribution in [2.24, 2.45) is 11.8 Å². The van der Waals surface area contributed by atoms with Crippen LogP contribution < -0.4 is 0 Å². The number of nitrogens with zero attached hydrogens (tertiary/aromatic N) is 3. The van der Waals surface area contributed by atoms with Crippen molar-refractivity contribution in [1.29, 1.82) is 0 Å². The van der Waals surface area contributed by atoms with Gasteiger partial charge in [-0.25, -0.2) is 13.8 Å². The second kappa shape index (κ2) is 7.90. The largest absolute Gasteiger partial charge is 0.481 e. The van der Waals surface area contributed by atoms with Crippen molar-refractivity contribution in [3.8, 4) is 11.3 Å². The third-order valence-corrected chi connectivity index (χ3v) is 5.38. The number of carbonyl (C=O) groups is 2. The monoisotopic (exact) mass is 405 g/mol. The Bertz CT molecular complexity index is 928. The Morgan fingerprint density at radius 1 is 1.24 bits per heavy atom. The predicted molar refractivity (Wildman–Crippen MR) is 97.5 cm³/mol.